The van der Waals surface area contributed by atoms with Gasteiger partial charge < -0.3 is 10.1 Å². The zero-order valence-electron chi connectivity index (χ0n) is 11.2. The standard InChI is InChI=1S/C16H15ClN2O/c1-19-10-14-6-3-7-15(17)16(14)20-11-13-5-2-4-12(8-13)9-18/h2-8,19H,10-11H2,1H3. The third-order valence-corrected chi connectivity index (χ3v) is 3.15. The normalized spacial score (nSPS) is 10.1. The van der Waals surface area contributed by atoms with Crippen LogP contribution in [0.25, 0.3) is 0 Å². The van der Waals surface area contributed by atoms with E-state index in [0.29, 0.717) is 29.5 Å². The zero-order valence-corrected chi connectivity index (χ0v) is 11.9. The van der Waals surface area contributed by atoms with Crippen molar-refractivity contribution >= 4 is 11.6 Å². The smallest absolute Gasteiger partial charge is 0.142 e. The number of para-hydroxylation sites is 1. The van der Waals surface area contributed by atoms with E-state index >= 15 is 0 Å². The highest BCUT2D eigenvalue weighted by Crippen LogP contribution is 2.29. The van der Waals surface area contributed by atoms with Gasteiger partial charge in [-0.05, 0) is 30.8 Å². The van der Waals surface area contributed by atoms with E-state index in [1.54, 1.807) is 6.07 Å². The Morgan fingerprint density at radius 3 is 2.80 bits per heavy atom. The Hall–Kier alpha value is -2.02. The second-order valence-electron chi connectivity index (χ2n) is 4.36. The number of ether oxygens (including phenoxy) is 1. The number of nitrogens with one attached hydrogen (secondary N) is 1. The van der Waals surface area contributed by atoms with Crippen LogP contribution in [-0.4, -0.2) is 7.05 Å². The van der Waals surface area contributed by atoms with Gasteiger partial charge in [-0.1, -0.05) is 35.9 Å². The Labute approximate surface area is 123 Å². The lowest BCUT2D eigenvalue weighted by molar-refractivity contribution is 0.302. The first kappa shape index (κ1) is 14.4. The first-order chi connectivity index (χ1) is 9.74. The molecular weight excluding hydrogens is 272 g/mol. The topological polar surface area (TPSA) is 45.0 Å². The number of hydrogen-bond donors (Lipinski definition) is 1. The average Bonchev–Trinajstić information content (AvgIpc) is 2.47. The predicted molar refractivity (Wildman–Crippen MR) is 79.7 cm³/mol. The van der Waals surface area contributed by atoms with Crippen LogP contribution in [0.2, 0.25) is 5.02 Å². The maximum atomic E-state index is 8.89. The van der Waals surface area contributed by atoms with Crippen molar-refractivity contribution in [3.8, 4) is 11.8 Å². The van der Waals surface area contributed by atoms with Crippen LogP contribution in [0.3, 0.4) is 0 Å². The summed E-state index contributed by atoms with van der Waals surface area (Å²) in [5.74, 6) is 0.686. The summed E-state index contributed by atoms with van der Waals surface area (Å²) in [6.07, 6.45) is 0. The van der Waals surface area contributed by atoms with Crippen LogP contribution in [-0.2, 0) is 13.2 Å². The predicted octanol–water partition coefficient (Wildman–Crippen LogP) is 3.51. The molecule has 2 aromatic carbocycles. The lowest BCUT2D eigenvalue weighted by Gasteiger charge is -2.13. The maximum Gasteiger partial charge on any atom is 0.142 e. The van der Waals surface area contributed by atoms with Crippen LogP contribution in [0, 0.1) is 11.3 Å². The molecule has 0 unspecified atom stereocenters. The van der Waals surface area contributed by atoms with Gasteiger partial charge in [0.1, 0.15) is 12.4 Å². The van der Waals surface area contributed by atoms with E-state index in [-0.39, 0.29) is 0 Å². The molecule has 4 heteroatoms. The lowest BCUT2D eigenvalue weighted by Crippen LogP contribution is -2.08. The molecule has 0 aromatic heterocycles. The fourth-order valence-electron chi connectivity index (χ4n) is 1.93. The Morgan fingerprint density at radius 2 is 2.05 bits per heavy atom. The van der Waals surface area contributed by atoms with Crippen molar-refractivity contribution in [1.82, 2.24) is 5.32 Å². The van der Waals surface area contributed by atoms with Crippen molar-refractivity contribution in [2.75, 3.05) is 7.05 Å². The van der Waals surface area contributed by atoms with E-state index in [1.807, 2.05) is 43.4 Å². The molecule has 0 aliphatic heterocycles. The monoisotopic (exact) mass is 286 g/mol. The van der Waals surface area contributed by atoms with Gasteiger partial charge in [0.25, 0.3) is 0 Å². The van der Waals surface area contributed by atoms with Gasteiger partial charge in [0.05, 0.1) is 16.7 Å². The number of halogens is 1. The highest BCUT2D eigenvalue weighted by molar-refractivity contribution is 6.32. The second-order valence-corrected chi connectivity index (χ2v) is 4.77. The molecule has 102 valence electrons. The summed E-state index contributed by atoms with van der Waals surface area (Å²) in [7, 11) is 1.88. The summed E-state index contributed by atoms with van der Waals surface area (Å²) >= 11 is 6.18. The van der Waals surface area contributed by atoms with Gasteiger partial charge in [0.15, 0.2) is 0 Å². The second kappa shape index (κ2) is 6.95. The first-order valence-electron chi connectivity index (χ1n) is 6.28. The van der Waals surface area contributed by atoms with Crippen LogP contribution in [0.4, 0.5) is 0 Å². The molecule has 0 heterocycles. The van der Waals surface area contributed by atoms with Gasteiger partial charge in [-0.25, -0.2) is 0 Å². The number of nitrogens with zero attached hydrogens (tertiary/aromatic N) is 1. The van der Waals surface area contributed by atoms with Crippen molar-refractivity contribution in [2.24, 2.45) is 0 Å². The van der Waals surface area contributed by atoms with Crippen LogP contribution in [0.15, 0.2) is 42.5 Å². The third-order valence-electron chi connectivity index (χ3n) is 2.86. The summed E-state index contributed by atoms with van der Waals surface area (Å²) in [5.41, 5.74) is 2.58. The molecule has 2 rings (SSSR count). The number of nitriles is 1. The van der Waals surface area contributed by atoms with Crippen molar-refractivity contribution in [1.29, 1.82) is 5.26 Å². The van der Waals surface area contributed by atoms with E-state index < -0.39 is 0 Å². The molecule has 0 amide bonds. The Morgan fingerprint density at radius 1 is 1.25 bits per heavy atom. The molecule has 20 heavy (non-hydrogen) atoms. The fraction of sp³-hybridized carbons (Fsp3) is 0.188. The Bertz CT molecular complexity index is 635. The van der Waals surface area contributed by atoms with Gasteiger partial charge in [0.2, 0.25) is 0 Å². The molecule has 0 bridgehead atoms. The minimum Gasteiger partial charge on any atom is -0.487 e. The zero-order chi connectivity index (χ0) is 14.4. The van der Waals surface area contributed by atoms with Crippen LogP contribution >= 0.6 is 11.6 Å². The average molecular weight is 287 g/mol. The quantitative estimate of drug-likeness (QED) is 0.915. The molecule has 0 spiro atoms. The van der Waals surface area contributed by atoms with Gasteiger partial charge in [-0.15, -0.1) is 0 Å². The highest BCUT2D eigenvalue weighted by atomic mass is 35.5. The van der Waals surface area contributed by atoms with Crippen molar-refractivity contribution in [2.45, 2.75) is 13.2 Å². The lowest BCUT2D eigenvalue weighted by atomic mass is 10.1. The molecule has 3 nitrogen and oxygen atoms in total. The highest BCUT2D eigenvalue weighted by Gasteiger charge is 2.08. The summed E-state index contributed by atoms with van der Waals surface area (Å²) in [6.45, 7) is 1.07. The fourth-order valence-corrected chi connectivity index (χ4v) is 2.18. The van der Waals surface area contributed by atoms with E-state index in [1.165, 1.54) is 0 Å². The molecule has 2 aromatic rings. The SMILES string of the molecule is CNCc1cccc(Cl)c1OCc1cccc(C#N)c1. The third kappa shape index (κ3) is 3.51. The molecule has 0 saturated carbocycles. The molecule has 1 N–H and O–H groups in total. The molecule has 0 atom stereocenters. The first-order valence-corrected chi connectivity index (χ1v) is 6.66. The largest absolute Gasteiger partial charge is 0.487 e. The van der Waals surface area contributed by atoms with Crippen LogP contribution in [0.1, 0.15) is 16.7 Å². The molecule has 0 radical (unpaired) electrons. The molecule has 0 saturated heterocycles. The van der Waals surface area contributed by atoms with Crippen molar-refractivity contribution in [3.05, 3.63) is 64.2 Å². The Kier molecular flexibility index (Phi) is 5.00. The molecule has 0 aliphatic rings. The number of benzene rings is 2. The molecule has 0 fully saturated rings. The van der Waals surface area contributed by atoms with E-state index in [9.17, 15) is 0 Å². The minimum atomic E-state index is 0.385. The molecule has 0 aliphatic carbocycles. The summed E-state index contributed by atoms with van der Waals surface area (Å²) in [4.78, 5) is 0. The summed E-state index contributed by atoms with van der Waals surface area (Å²) in [6, 6.07) is 15.2. The summed E-state index contributed by atoms with van der Waals surface area (Å²) < 4.78 is 5.82. The van der Waals surface area contributed by atoms with Crippen molar-refractivity contribution in [3.63, 3.8) is 0 Å². The van der Waals surface area contributed by atoms with Gasteiger partial charge in [0, 0.05) is 12.1 Å². The maximum absolute atomic E-state index is 8.89. The Balaban J connectivity index is 2.16. The van der Waals surface area contributed by atoms with Crippen LogP contribution in [0.5, 0.6) is 5.75 Å². The van der Waals surface area contributed by atoms with Crippen LogP contribution < -0.4 is 10.1 Å². The van der Waals surface area contributed by atoms with Gasteiger partial charge in [-0.3, -0.25) is 0 Å². The van der Waals surface area contributed by atoms with E-state index in [0.717, 1.165) is 11.1 Å². The van der Waals surface area contributed by atoms with E-state index in [4.69, 9.17) is 21.6 Å². The summed E-state index contributed by atoms with van der Waals surface area (Å²) in [5, 5.41) is 12.6. The minimum absolute atomic E-state index is 0.385. The number of hydrogen-bond acceptors (Lipinski definition) is 3. The van der Waals surface area contributed by atoms with Crippen molar-refractivity contribution < 1.29 is 4.74 Å². The van der Waals surface area contributed by atoms with Gasteiger partial charge in [-0.2, -0.15) is 5.26 Å². The van der Waals surface area contributed by atoms with Gasteiger partial charge >= 0.3 is 0 Å². The molecular formula is C16H15ClN2O. The van der Waals surface area contributed by atoms with E-state index in [2.05, 4.69) is 11.4 Å². The number of rotatable bonds is 5.